The quantitative estimate of drug-likeness (QED) is 0.906. The van der Waals surface area contributed by atoms with Crippen molar-refractivity contribution in [2.24, 2.45) is 11.7 Å². The van der Waals surface area contributed by atoms with Crippen LogP contribution in [-0.2, 0) is 19.3 Å². The van der Waals surface area contributed by atoms with Gasteiger partial charge in [0.15, 0.2) is 0 Å². The molecule has 0 bridgehead atoms. The summed E-state index contributed by atoms with van der Waals surface area (Å²) in [6.07, 6.45) is 2.90. The first-order valence-corrected chi connectivity index (χ1v) is 7.69. The van der Waals surface area contributed by atoms with Gasteiger partial charge in [-0.15, -0.1) is 0 Å². The van der Waals surface area contributed by atoms with Gasteiger partial charge >= 0.3 is 0 Å². The first kappa shape index (κ1) is 13.8. The van der Waals surface area contributed by atoms with Crippen molar-refractivity contribution in [3.63, 3.8) is 0 Å². The second kappa shape index (κ2) is 5.66. The Balaban J connectivity index is 1.69. The minimum atomic E-state index is -0.226. The number of benzene rings is 2. The predicted octanol–water partition coefficient (Wildman–Crippen LogP) is 3.87. The Kier molecular flexibility index (Phi) is 3.90. The first-order chi connectivity index (χ1) is 9.63. The summed E-state index contributed by atoms with van der Waals surface area (Å²) >= 11 is 3.23. The van der Waals surface area contributed by atoms with Gasteiger partial charge in [0.05, 0.1) is 4.47 Å². The van der Waals surface area contributed by atoms with Crippen molar-refractivity contribution in [2.75, 3.05) is 0 Å². The van der Waals surface area contributed by atoms with Crippen molar-refractivity contribution in [3.8, 4) is 0 Å². The fourth-order valence-electron chi connectivity index (χ4n) is 3.00. The Morgan fingerprint density at radius 2 is 1.80 bits per heavy atom. The SMILES string of the molecule is NC(Cc1ccc(F)c(Br)c1)C1Cc2ccccc2C1. The van der Waals surface area contributed by atoms with Crippen molar-refractivity contribution in [1.29, 1.82) is 0 Å². The molecule has 0 aromatic heterocycles. The number of rotatable bonds is 3. The van der Waals surface area contributed by atoms with Crippen LogP contribution in [0.5, 0.6) is 0 Å². The van der Waals surface area contributed by atoms with Gasteiger partial charge in [-0.2, -0.15) is 0 Å². The highest BCUT2D eigenvalue weighted by Gasteiger charge is 2.26. The molecule has 1 nitrogen and oxygen atoms in total. The van der Waals surface area contributed by atoms with Crippen LogP contribution in [0.2, 0.25) is 0 Å². The van der Waals surface area contributed by atoms with Gasteiger partial charge in [-0.05, 0) is 69.9 Å². The number of fused-ring (bicyclic) bond motifs is 1. The lowest BCUT2D eigenvalue weighted by Gasteiger charge is -2.19. The van der Waals surface area contributed by atoms with E-state index < -0.39 is 0 Å². The molecule has 0 spiro atoms. The zero-order valence-electron chi connectivity index (χ0n) is 11.2. The Labute approximate surface area is 127 Å². The molecule has 104 valence electrons. The summed E-state index contributed by atoms with van der Waals surface area (Å²) in [4.78, 5) is 0. The van der Waals surface area contributed by atoms with Crippen LogP contribution in [0.4, 0.5) is 4.39 Å². The van der Waals surface area contributed by atoms with Gasteiger partial charge in [0, 0.05) is 6.04 Å². The zero-order valence-corrected chi connectivity index (χ0v) is 12.7. The molecule has 2 aromatic carbocycles. The summed E-state index contributed by atoms with van der Waals surface area (Å²) in [5.74, 6) is 0.256. The van der Waals surface area contributed by atoms with Crippen LogP contribution in [0.25, 0.3) is 0 Å². The van der Waals surface area contributed by atoms with E-state index in [0.29, 0.717) is 10.4 Å². The third kappa shape index (κ3) is 2.79. The van der Waals surface area contributed by atoms with E-state index >= 15 is 0 Å². The van der Waals surface area contributed by atoms with Crippen molar-refractivity contribution in [2.45, 2.75) is 25.3 Å². The zero-order chi connectivity index (χ0) is 14.1. The second-order valence-electron chi connectivity index (χ2n) is 5.55. The minimum Gasteiger partial charge on any atom is -0.327 e. The van der Waals surface area contributed by atoms with Crippen molar-refractivity contribution in [1.82, 2.24) is 0 Å². The first-order valence-electron chi connectivity index (χ1n) is 6.90. The fraction of sp³-hybridized carbons (Fsp3) is 0.294. The maximum Gasteiger partial charge on any atom is 0.137 e. The molecule has 0 amide bonds. The Hall–Kier alpha value is -1.19. The average Bonchev–Trinajstić information content (AvgIpc) is 2.87. The maximum atomic E-state index is 13.2. The molecule has 3 rings (SSSR count). The molecule has 1 aliphatic rings. The lowest BCUT2D eigenvalue weighted by molar-refractivity contribution is 0.437. The highest BCUT2D eigenvalue weighted by atomic mass is 79.9. The average molecular weight is 334 g/mol. The maximum absolute atomic E-state index is 13.2. The lowest BCUT2D eigenvalue weighted by atomic mass is 9.92. The van der Waals surface area contributed by atoms with Gasteiger partial charge in [0.2, 0.25) is 0 Å². The minimum absolute atomic E-state index is 0.111. The Morgan fingerprint density at radius 1 is 1.15 bits per heavy atom. The van der Waals surface area contributed by atoms with Crippen LogP contribution in [0.3, 0.4) is 0 Å². The standard InChI is InChI=1S/C17H17BrFN/c18-15-7-11(5-6-16(15)19)8-17(20)14-9-12-3-1-2-4-13(12)10-14/h1-7,14,17H,8-10,20H2. The second-order valence-corrected chi connectivity index (χ2v) is 6.41. The van der Waals surface area contributed by atoms with E-state index in [1.807, 2.05) is 12.1 Å². The molecule has 0 saturated carbocycles. The van der Waals surface area contributed by atoms with E-state index in [1.54, 1.807) is 0 Å². The topological polar surface area (TPSA) is 26.0 Å². The fourth-order valence-corrected chi connectivity index (χ4v) is 3.43. The van der Waals surface area contributed by atoms with Gasteiger partial charge in [-0.3, -0.25) is 0 Å². The number of hydrogen-bond acceptors (Lipinski definition) is 1. The number of hydrogen-bond donors (Lipinski definition) is 1. The largest absolute Gasteiger partial charge is 0.327 e. The molecule has 1 unspecified atom stereocenters. The smallest absolute Gasteiger partial charge is 0.137 e. The summed E-state index contributed by atoms with van der Waals surface area (Å²) in [6, 6.07) is 13.8. The van der Waals surface area contributed by atoms with Crippen molar-refractivity contribution in [3.05, 3.63) is 69.4 Å². The van der Waals surface area contributed by atoms with Crippen LogP contribution in [0.15, 0.2) is 46.9 Å². The van der Waals surface area contributed by atoms with Gasteiger partial charge in [-0.25, -0.2) is 4.39 Å². The molecule has 0 aliphatic heterocycles. The van der Waals surface area contributed by atoms with Crippen LogP contribution in [0, 0.1) is 11.7 Å². The van der Waals surface area contributed by atoms with E-state index in [4.69, 9.17) is 5.73 Å². The number of halogens is 2. The third-order valence-electron chi connectivity index (χ3n) is 4.14. The molecule has 2 aromatic rings. The summed E-state index contributed by atoms with van der Waals surface area (Å²) in [6.45, 7) is 0. The van der Waals surface area contributed by atoms with Gasteiger partial charge in [0.1, 0.15) is 5.82 Å². The molecule has 1 aliphatic carbocycles. The molecular formula is C17H17BrFN. The lowest BCUT2D eigenvalue weighted by Crippen LogP contribution is -2.32. The number of nitrogens with two attached hydrogens (primary N) is 1. The molecule has 0 heterocycles. The molecule has 1 atom stereocenters. The van der Waals surface area contributed by atoms with Crippen LogP contribution >= 0.6 is 15.9 Å². The van der Waals surface area contributed by atoms with E-state index in [-0.39, 0.29) is 11.9 Å². The van der Waals surface area contributed by atoms with Gasteiger partial charge < -0.3 is 5.73 Å². The van der Waals surface area contributed by atoms with Crippen LogP contribution in [-0.4, -0.2) is 6.04 Å². The van der Waals surface area contributed by atoms with Crippen molar-refractivity contribution < 1.29 is 4.39 Å². The molecule has 3 heteroatoms. The molecule has 2 N–H and O–H groups in total. The highest BCUT2D eigenvalue weighted by molar-refractivity contribution is 9.10. The monoisotopic (exact) mass is 333 g/mol. The summed E-state index contributed by atoms with van der Waals surface area (Å²) in [5.41, 5.74) is 10.3. The van der Waals surface area contributed by atoms with E-state index in [9.17, 15) is 4.39 Å². The molecular weight excluding hydrogens is 317 g/mol. The van der Waals surface area contributed by atoms with Crippen LogP contribution in [0.1, 0.15) is 16.7 Å². The van der Waals surface area contributed by atoms with E-state index in [2.05, 4.69) is 40.2 Å². The van der Waals surface area contributed by atoms with Gasteiger partial charge in [0.25, 0.3) is 0 Å². The molecule has 0 fully saturated rings. The van der Waals surface area contributed by atoms with Crippen molar-refractivity contribution >= 4 is 15.9 Å². The summed E-state index contributed by atoms with van der Waals surface area (Å²) < 4.78 is 13.7. The molecule has 0 saturated heterocycles. The van der Waals surface area contributed by atoms with Gasteiger partial charge in [-0.1, -0.05) is 30.3 Å². The third-order valence-corrected chi connectivity index (χ3v) is 4.75. The highest BCUT2D eigenvalue weighted by Crippen LogP contribution is 2.29. The van der Waals surface area contributed by atoms with Crippen LogP contribution < -0.4 is 5.73 Å². The Bertz CT molecular complexity index is 601. The molecule has 20 heavy (non-hydrogen) atoms. The predicted molar refractivity (Wildman–Crippen MR) is 83.1 cm³/mol. The normalized spacial score (nSPS) is 16.1. The van der Waals surface area contributed by atoms with E-state index in [1.165, 1.54) is 17.2 Å². The molecule has 0 radical (unpaired) electrons. The summed E-state index contributed by atoms with van der Waals surface area (Å²) in [5, 5.41) is 0. The summed E-state index contributed by atoms with van der Waals surface area (Å²) in [7, 11) is 0. The van der Waals surface area contributed by atoms with E-state index in [0.717, 1.165) is 24.8 Å². The Morgan fingerprint density at radius 3 is 2.40 bits per heavy atom.